The zero-order valence-corrected chi connectivity index (χ0v) is 10.9. The van der Waals surface area contributed by atoms with Gasteiger partial charge in [-0.25, -0.2) is 9.97 Å². The highest BCUT2D eigenvalue weighted by Gasteiger charge is 2.11. The van der Waals surface area contributed by atoms with E-state index in [-0.39, 0.29) is 5.69 Å². The van der Waals surface area contributed by atoms with Crippen LogP contribution in [0.2, 0.25) is 0 Å². The van der Waals surface area contributed by atoms with Crippen molar-refractivity contribution in [1.29, 1.82) is 0 Å². The fourth-order valence-electron chi connectivity index (χ4n) is 1.34. The van der Waals surface area contributed by atoms with Gasteiger partial charge in [0.2, 0.25) is 5.88 Å². The first kappa shape index (κ1) is 12.4. The molecule has 0 unspecified atom stereocenters. The second-order valence-corrected chi connectivity index (χ2v) is 4.34. The van der Waals surface area contributed by atoms with Crippen LogP contribution in [0.4, 0.5) is 5.69 Å². The first-order valence-corrected chi connectivity index (χ1v) is 5.75. The largest absolute Gasteiger partial charge is 0.437 e. The average molecular weight is 310 g/mol. The number of aromatic nitrogens is 2. The van der Waals surface area contributed by atoms with Crippen LogP contribution in [0.3, 0.4) is 0 Å². The van der Waals surface area contributed by atoms with Gasteiger partial charge in [-0.3, -0.25) is 10.1 Å². The van der Waals surface area contributed by atoms with Gasteiger partial charge in [-0.05, 0) is 34.5 Å². The second kappa shape index (κ2) is 5.09. The Balaban J connectivity index is 2.30. The normalized spacial score (nSPS) is 10.1. The summed E-state index contributed by atoms with van der Waals surface area (Å²) in [6.45, 7) is 1.73. The molecule has 0 aliphatic carbocycles. The topological polar surface area (TPSA) is 78.2 Å². The lowest BCUT2D eigenvalue weighted by Crippen LogP contribution is -1.94. The average Bonchev–Trinajstić information content (AvgIpc) is 2.34. The van der Waals surface area contributed by atoms with E-state index in [1.165, 1.54) is 18.5 Å². The Bertz CT molecular complexity index is 604. The molecule has 0 saturated heterocycles. The number of nitro groups is 1. The fraction of sp³-hybridized carbons (Fsp3) is 0.0909. The standard InChI is InChI=1S/C11H8BrN3O3/c1-7-4-8(15(16)17)2-3-10(7)18-11-9(12)5-13-6-14-11/h2-6H,1H3. The summed E-state index contributed by atoms with van der Waals surface area (Å²) in [6.07, 6.45) is 2.92. The summed E-state index contributed by atoms with van der Waals surface area (Å²) in [5.74, 6) is 0.877. The van der Waals surface area contributed by atoms with Gasteiger partial charge >= 0.3 is 0 Å². The molecule has 0 aliphatic rings. The molecule has 2 rings (SSSR count). The van der Waals surface area contributed by atoms with Crippen molar-refractivity contribution in [2.45, 2.75) is 6.92 Å². The van der Waals surface area contributed by atoms with Crippen molar-refractivity contribution in [2.75, 3.05) is 0 Å². The molecule has 0 aliphatic heterocycles. The zero-order valence-electron chi connectivity index (χ0n) is 9.33. The molecule has 18 heavy (non-hydrogen) atoms. The number of rotatable bonds is 3. The molecule has 6 nitrogen and oxygen atoms in total. The highest BCUT2D eigenvalue weighted by atomic mass is 79.9. The Labute approximate surface area is 111 Å². The highest BCUT2D eigenvalue weighted by molar-refractivity contribution is 9.10. The maximum absolute atomic E-state index is 10.6. The Morgan fingerprint density at radius 1 is 1.44 bits per heavy atom. The third-order valence-corrected chi connectivity index (χ3v) is 2.75. The van der Waals surface area contributed by atoms with Crippen LogP contribution in [-0.4, -0.2) is 14.9 Å². The van der Waals surface area contributed by atoms with Crippen molar-refractivity contribution in [3.63, 3.8) is 0 Å². The van der Waals surface area contributed by atoms with Gasteiger partial charge in [0, 0.05) is 18.3 Å². The summed E-state index contributed by atoms with van der Waals surface area (Å²) in [6, 6.07) is 4.38. The number of benzene rings is 1. The molecular weight excluding hydrogens is 302 g/mol. The summed E-state index contributed by atoms with van der Waals surface area (Å²) >= 11 is 3.26. The van der Waals surface area contributed by atoms with Gasteiger partial charge in [0.25, 0.3) is 5.69 Å². The van der Waals surface area contributed by atoms with Crippen LogP contribution in [0.15, 0.2) is 35.2 Å². The Kier molecular flexibility index (Phi) is 3.52. The second-order valence-electron chi connectivity index (χ2n) is 3.48. The van der Waals surface area contributed by atoms with Crippen LogP contribution in [0.1, 0.15) is 5.56 Å². The van der Waals surface area contributed by atoms with E-state index in [1.807, 2.05) is 0 Å². The van der Waals surface area contributed by atoms with Gasteiger partial charge in [-0.2, -0.15) is 0 Å². The van der Waals surface area contributed by atoms with Gasteiger partial charge < -0.3 is 4.74 Å². The minimum absolute atomic E-state index is 0.0293. The summed E-state index contributed by atoms with van der Waals surface area (Å²) in [4.78, 5) is 17.9. The Hall–Kier alpha value is -2.02. The number of non-ortho nitro benzene ring substituents is 1. The van der Waals surface area contributed by atoms with Crippen molar-refractivity contribution in [3.8, 4) is 11.6 Å². The molecule has 0 fully saturated rings. The predicted octanol–water partition coefficient (Wildman–Crippen LogP) is 3.25. The number of aryl methyl sites for hydroxylation is 1. The summed E-state index contributed by atoms with van der Waals surface area (Å²) in [5, 5.41) is 10.6. The van der Waals surface area contributed by atoms with Crippen LogP contribution in [0.5, 0.6) is 11.6 Å². The number of nitro benzene ring substituents is 1. The van der Waals surface area contributed by atoms with Crippen molar-refractivity contribution >= 4 is 21.6 Å². The van der Waals surface area contributed by atoms with E-state index in [9.17, 15) is 10.1 Å². The van der Waals surface area contributed by atoms with Crippen LogP contribution >= 0.6 is 15.9 Å². The van der Waals surface area contributed by atoms with E-state index >= 15 is 0 Å². The molecule has 0 N–H and O–H groups in total. The SMILES string of the molecule is Cc1cc([N+](=O)[O-])ccc1Oc1ncncc1Br. The summed E-state index contributed by atoms with van der Waals surface area (Å²) < 4.78 is 6.17. The molecule has 92 valence electrons. The molecule has 0 radical (unpaired) electrons. The Morgan fingerprint density at radius 3 is 2.83 bits per heavy atom. The van der Waals surface area contributed by atoms with Crippen LogP contribution in [0, 0.1) is 17.0 Å². The van der Waals surface area contributed by atoms with E-state index in [1.54, 1.807) is 19.2 Å². The molecule has 0 saturated carbocycles. The van der Waals surface area contributed by atoms with Crippen molar-refractivity contribution in [2.24, 2.45) is 0 Å². The molecule has 1 aromatic carbocycles. The van der Waals surface area contributed by atoms with Crippen LogP contribution < -0.4 is 4.74 Å². The van der Waals surface area contributed by atoms with E-state index in [2.05, 4.69) is 25.9 Å². The Morgan fingerprint density at radius 2 is 2.22 bits per heavy atom. The predicted molar refractivity (Wildman–Crippen MR) is 67.6 cm³/mol. The van der Waals surface area contributed by atoms with Gasteiger partial charge in [0.1, 0.15) is 12.1 Å². The van der Waals surface area contributed by atoms with E-state index in [0.717, 1.165) is 0 Å². The first-order chi connectivity index (χ1) is 8.58. The molecule has 7 heteroatoms. The minimum atomic E-state index is -0.447. The molecule has 0 spiro atoms. The number of nitrogens with zero attached hydrogens (tertiary/aromatic N) is 3. The summed E-state index contributed by atoms with van der Waals surface area (Å²) in [7, 11) is 0. The number of halogens is 1. The van der Waals surface area contributed by atoms with Crippen LogP contribution in [0.25, 0.3) is 0 Å². The zero-order chi connectivity index (χ0) is 13.1. The molecule has 1 aromatic heterocycles. The monoisotopic (exact) mass is 309 g/mol. The van der Waals surface area contributed by atoms with E-state index < -0.39 is 4.92 Å². The van der Waals surface area contributed by atoms with Gasteiger partial charge in [-0.15, -0.1) is 0 Å². The third-order valence-electron chi connectivity index (χ3n) is 2.21. The molecule has 0 bridgehead atoms. The molecule has 2 aromatic rings. The minimum Gasteiger partial charge on any atom is -0.437 e. The lowest BCUT2D eigenvalue weighted by Gasteiger charge is -2.08. The van der Waals surface area contributed by atoms with Crippen molar-refractivity contribution in [3.05, 3.63) is 50.9 Å². The van der Waals surface area contributed by atoms with E-state index in [0.29, 0.717) is 21.7 Å². The summed E-state index contributed by atoms with van der Waals surface area (Å²) in [5.41, 5.74) is 0.691. The van der Waals surface area contributed by atoms with Crippen molar-refractivity contribution < 1.29 is 9.66 Å². The molecule has 0 atom stereocenters. The number of ether oxygens (including phenoxy) is 1. The van der Waals surface area contributed by atoms with Gasteiger partial charge in [0.05, 0.1) is 9.40 Å². The molecule has 0 amide bonds. The van der Waals surface area contributed by atoms with Gasteiger partial charge in [-0.1, -0.05) is 0 Å². The maximum atomic E-state index is 10.6. The van der Waals surface area contributed by atoms with Gasteiger partial charge in [0.15, 0.2) is 0 Å². The molecular formula is C11H8BrN3O3. The van der Waals surface area contributed by atoms with Crippen LogP contribution in [-0.2, 0) is 0 Å². The number of hydrogen-bond donors (Lipinski definition) is 0. The third kappa shape index (κ3) is 2.62. The van der Waals surface area contributed by atoms with E-state index in [4.69, 9.17) is 4.74 Å². The lowest BCUT2D eigenvalue weighted by molar-refractivity contribution is -0.384. The lowest BCUT2D eigenvalue weighted by atomic mass is 10.2. The first-order valence-electron chi connectivity index (χ1n) is 4.96. The molecule has 1 heterocycles. The van der Waals surface area contributed by atoms with Crippen molar-refractivity contribution in [1.82, 2.24) is 9.97 Å². The highest BCUT2D eigenvalue weighted by Crippen LogP contribution is 2.30. The number of hydrogen-bond acceptors (Lipinski definition) is 5. The quantitative estimate of drug-likeness (QED) is 0.642. The maximum Gasteiger partial charge on any atom is 0.269 e. The fourth-order valence-corrected chi connectivity index (χ4v) is 1.64. The smallest absolute Gasteiger partial charge is 0.269 e.